The molecule has 0 aliphatic carbocycles. The smallest absolute Gasteiger partial charge is 0.276 e. The fourth-order valence-corrected chi connectivity index (χ4v) is 2.50. The van der Waals surface area contributed by atoms with Crippen molar-refractivity contribution < 1.29 is 23.0 Å². The van der Waals surface area contributed by atoms with E-state index < -0.39 is 16.7 Å². The fraction of sp³-hybridized carbons (Fsp3) is 0.333. The molecule has 1 aliphatic rings. The van der Waals surface area contributed by atoms with E-state index in [-0.39, 0.29) is 12.0 Å². The summed E-state index contributed by atoms with van der Waals surface area (Å²) < 4.78 is 36.9. The summed E-state index contributed by atoms with van der Waals surface area (Å²) in [5.74, 6) is -2.47. The standard InChI is InChI=1S/C15H16F2N2O3S/c1-8-10(5-6-11-12(8)22-7-21-11)13(20)19-14(18-4)23-9(2)15(3,16)17/h5-6H,2,7H2,1,3-4H3,(H,18,19,20). The number of ether oxygens (including phenoxy) is 2. The minimum Gasteiger partial charge on any atom is -0.454 e. The van der Waals surface area contributed by atoms with Crippen LogP contribution in [0.1, 0.15) is 22.8 Å². The normalized spacial score (nSPS) is 13.9. The Morgan fingerprint density at radius 1 is 1.43 bits per heavy atom. The molecule has 0 spiro atoms. The number of allylic oxidation sites excluding steroid dienone is 1. The summed E-state index contributed by atoms with van der Waals surface area (Å²) in [6.45, 7) is 5.86. The van der Waals surface area contributed by atoms with E-state index in [0.717, 1.165) is 6.92 Å². The average molecular weight is 342 g/mol. The first kappa shape index (κ1) is 17.3. The van der Waals surface area contributed by atoms with E-state index in [2.05, 4.69) is 16.9 Å². The number of nitrogens with one attached hydrogen (secondary N) is 1. The maximum Gasteiger partial charge on any atom is 0.276 e. The molecule has 0 saturated carbocycles. The van der Waals surface area contributed by atoms with Crippen molar-refractivity contribution in [1.29, 1.82) is 0 Å². The van der Waals surface area contributed by atoms with Gasteiger partial charge in [0.05, 0.1) is 4.91 Å². The summed E-state index contributed by atoms with van der Waals surface area (Å²) in [5.41, 5.74) is 0.961. The number of fused-ring (bicyclic) bond motifs is 1. The van der Waals surface area contributed by atoms with E-state index in [1.807, 2.05) is 0 Å². The van der Waals surface area contributed by atoms with Crippen LogP contribution in [0.3, 0.4) is 0 Å². The molecule has 1 aliphatic heterocycles. The predicted molar refractivity (Wildman–Crippen MR) is 85.5 cm³/mol. The lowest BCUT2D eigenvalue weighted by molar-refractivity contribution is 0.0736. The molecule has 0 unspecified atom stereocenters. The second-order valence-electron chi connectivity index (χ2n) is 4.87. The maximum atomic E-state index is 13.2. The molecule has 0 radical (unpaired) electrons. The highest BCUT2D eigenvalue weighted by Gasteiger charge is 2.28. The van der Waals surface area contributed by atoms with Crippen molar-refractivity contribution in [2.24, 2.45) is 4.99 Å². The number of carbonyl (C=O) groups is 1. The van der Waals surface area contributed by atoms with Gasteiger partial charge in [-0.3, -0.25) is 9.79 Å². The van der Waals surface area contributed by atoms with Crippen LogP contribution in [0.2, 0.25) is 0 Å². The number of nitrogens with zero attached hydrogens (tertiary/aromatic N) is 1. The molecule has 1 N–H and O–H groups in total. The number of carbonyl (C=O) groups excluding carboxylic acids is 1. The molecule has 2 rings (SSSR count). The van der Waals surface area contributed by atoms with Crippen molar-refractivity contribution >= 4 is 22.8 Å². The monoisotopic (exact) mass is 342 g/mol. The van der Waals surface area contributed by atoms with Gasteiger partial charge in [0.1, 0.15) is 0 Å². The summed E-state index contributed by atoms with van der Waals surface area (Å²) in [6.07, 6.45) is 0. The van der Waals surface area contributed by atoms with Crippen molar-refractivity contribution in [3.8, 4) is 11.5 Å². The molecule has 0 atom stereocenters. The second kappa shape index (κ2) is 6.57. The van der Waals surface area contributed by atoms with Crippen LogP contribution in [0.5, 0.6) is 11.5 Å². The van der Waals surface area contributed by atoms with Crippen molar-refractivity contribution in [3.63, 3.8) is 0 Å². The Kier molecular flexibility index (Phi) is 4.93. The quantitative estimate of drug-likeness (QED) is 0.676. The molecule has 5 nitrogen and oxygen atoms in total. The van der Waals surface area contributed by atoms with Gasteiger partial charge in [-0.25, -0.2) is 8.78 Å². The highest BCUT2D eigenvalue weighted by atomic mass is 32.2. The number of alkyl halides is 2. The number of hydrogen-bond acceptors (Lipinski definition) is 5. The Labute approximate surface area is 136 Å². The Morgan fingerprint density at radius 2 is 2.13 bits per heavy atom. The minimum atomic E-state index is -3.07. The molecular formula is C15H16F2N2O3S. The largest absolute Gasteiger partial charge is 0.454 e. The third-order valence-electron chi connectivity index (χ3n) is 3.17. The van der Waals surface area contributed by atoms with E-state index in [9.17, 15) is 13.6 Å². The molecule has 0 aromatic heterocycles. The number of halogens is 2. The molecule has 23 heavy (non-hydrogen) atoms. The van der Waals surface area contributed by atoms with Gasteiger partial charge < -0.3 is 14.8 Å². The molecule has 1 heterocycles. The van der Waals surface area contributed by atoms with Gasteiger partial charge in [-0.15, -0.1) is 0 Å². The van der Waals surface area contributed by atoms with Gasteiger partial charge in [-0.05, 0) is 19.1 Å². The number of aliphatic imine (C=N–C) groups is 1. The molecule has 1 amide bonds. The van der Waals surface area contributed by atoms with Gasteiger partial charge in [0.2, 0.25) is 6.79 Å². The molecule has 0 saturated heterocycles. The minimum absolute atomic E-state index is 0.0404. The average Bonchev–Trinajstić information content (AvgIpc) is 2.95. The zero-order valence-corrected chi connectivity index (χ0v) is 13.7. The third kappa shape index (κ3) is 3.82. The fourth-order valence-electron chi connectivity index (χ4n) is 1.86. The van der Waals surface area contributed by atoms with Gasteiger partial charge in [-0.1, -0.05) is 18.3 Å². The van der Waals surface area contributed by atoms with E-state index in [1.54, 1.807) is 19.1 Å². The molecule has 8 heteroatoms. The molecule has 0 fully saturated rings. The SMILES string of the molecule is C=C(SC(=NC)NC(=O)c1ccc2c(c1C)OCO2)C(C)(F)F. The highest BCUT2D eigenvalue weighted by Crippen LogP contribution is 2.37. The Hall–Kier alpha value is -2.09. The molecule has 0 bridgehead atoms. The number of thioether (sulfide) groups is 1. The van der Waals surface area contributed by atoms with Crippen LogP contribution in [0.25, 0.3) is 0 Å². The summed E-state index contributed by atoms with van der Waals surface area (Å²) in [7, 11) is 1.40. The van der Waals surface area contributed by atoms with Gasteiger partial charge in [0.15, 0.2) is 16.7 Å². The molecule has 1 aromatic carbocycles. The van der Waals surface area contributed by atoms with E-state index in [4.69, 9.17) is 9.47 Å². The molecular weight excluding hydrogens is 326 g/mol. The third-order valence-corrected chi connectivity index (χ3v) is 4.25. The van der Waals surface area contributed by atoms with Crippen molar-refractivity contribution in [3.05, 3.63) is 34.7 Å². The zero-order chi connectivity index (χ0) is 17.2. The van der Waals surface area contributed by atoms with Crippen LogP contribution in [0, 0.1) is 6.92 Å². The van der Waals surface area contributed by atoms with Crippen LogP contribution in [0.4, 0.5) is 8.78 Å². The Balaban J connectivity index is 2.14. The van der Waals surface area contributed by atoms with Gasteiger partial charge in [-0.2, -0.15) is 0 Å². The number of amides is 1. The second-order valence-corrected chi connectivity index (χ2v) is 5.95. The maximum absolute atomic E-state index is 13.2. The van der Waals surface area contributed by atoms with Crippen molar-refractivity contribution in [1.82, 2.24) is 5.32 Å². The summed E-state index contributed by atoms with van der Waals surface area (Å²) in [6, 6.07) is 3.21. The number of rotatable bonds is 3. The van der Waals surface area contributed by atoms with Crippen molar-refractivity contribution in [2.45, 2.75) is 19.8 Å². The van der Waals surface area contributed by atoms with Crippen LogP contribution >= 0.6 is 11.8 Å². The lowest BCUT2D eigenvalue weighted by Gasteiger charge is -2.15. The first-order valence-electron chi connectivity index (χ1n) is 6.66. The van der Waals surface area contributed by atoms with Gasteiger partial charge >= 0.3 is 0 Å². The van der Waals surface area contributed by atoms with Crippen LogP contribution in [0.15, 0.2) is 28.6 Å². The van der Waals surface area contributed by atoms with Gasteiger partial charge in [0.25, 0.3) is 11.8 Å². The lowest BCUT2D eigenvalue weighted by atomic mass is 10.1. The van der Waals surface area contributed by atoms with Crippen LogP contribution in [-0.2, 0) is 0 Å². The molecule has 1 aromatic rings. The van der Waals surface area contributed by atoms with E-state index in [0.29, 0.717) is 34.4 Å². The summed E-state index contributed by atoms with van der Waals surface area (Å²) in [5, 5.41) is 2.54. The Morgan fingerprint density at radius 3 is 2.74 bits per heavy atom. The van der Waals surface area contributed by atoms with E-state index in [1.165, 1.54) is 7.05 Å². The first-order valence-corrected chi connectivity index (χ1v) is 7.48. The topological polar surface area (TPSA) is 59.9 Å². The zero-order valence-electron chi connectivity index (χ0n) is 12.9. The summed E-state index contributed by atoms with van der Waals surface area (Å²) in [4.78, 5) is 15.8. The molecule has 124 valence electrons. The van der Waals surface area contributed by atoms with Crippen LogP contribution < -0.4 is 14.8 Å². The predicted octanol–water partition coefficient (Wildman–Crippen LogP) is 3.34. The Bertz CT molecular complexity index is 684. The lowest BCUT2D eigenvalue weighted by Crippen LogP contribution is -2.30. The van der Waals surface area contributed by atoms with Crippen molar-refractivity contribution in [2.75, 3.05) is 13.8 Å². The summed E-state index contributed by atoms with van der Waals surface area (Å²) >= 11 is 0.624. The van der Waals surface area contributed by atoms with Gasteiger partial charge in [0, 0.05) is 25.1 Å². The number of hydrogen-bond donors (Lipinski definition) is 1. The highest BCUT2D eigenvalue weighted by molar-refractivity contribution is 8.17. The van der Waals surface area contributed by atoms with E-state index >= 15 is 0 Å². The number of benzene rings is 1. The first-order chi connectivity index (χ1) is 10.7. The number of amidine groups is 1. The van der Waals surface area contributed by atoms with Crippen LogP contribution in [-0.4, -0.2) is 30.8 Å².